The molecule has 0 amide bonds. The van der Waals surface area contributed by atoms with Gasteiger partial charge in [-0.3, -0.25) is 9.59 Å². The van der Waals surface area contributed by atoms with Crippen molar-refractivity contribution in [2.45, 2.75) is 17.9 Å². The maximum atomic E-state index is 12.3. The van der Waals surface area contributed by atoms with Crippen LogP contribution in [-0.4, -0.2) is 22.9 Å². The van der Waals surface area contributed by atoms with Gasteiger partial charge >= 0.3 is 5.97 Å². The quantitative estimate of drug-likeness (QED) is 0.408. The maximum absolute atomic E-state index is 12.3. The first-order chi connectivity index (χ1) is 5.31. The topological polar surface area (TPSA) is 43.4 Å². The van der Waals surface area contributed by atoms with Crippen LogP contribution in [0.1, 0.15) is 13.3 Å². The Balaban J connectivity index is 3.65. The van der Waals surface area contributed by atoms with Crippen LogP contribution in [0, 0.1) is 0 Å². The van der Waals surface area contributed by atoms with Crippen LogP contribution in [0.4, 0.5) is 4.39 Å². The lowest BCUT2D eigenvalue weighted by atomic mass is 10.3. The zero-order valence-electron chi connectivity index (χ0n) is 6.27. The number of ketones is 1. The van der Waals surface area contributed by atoms with Crippen LogP contribution in [0.5, 0.6) is 0 Å². The number of alkyl halides is 3. The van der Waals surface area contributed by atoms with Crippen LogP contribution >= 0.6 is 23.2 Å². The van der Waals surface area contributed by atoms with Crippen LogP contribution in [0.2, 0.25) is 0 Å². The molecule has 3 nitrogen and oxygen atoms in total. The van der Waals surface area contributed by atoms with Gasteiger partial charge in [-0.1, -0.05) is 23.2 Å². The normalized spacial score (nSPS) is 11.0. The lowest BCUT2D eigenvalue weighted by Gasteiger charge is -2.08. The van der Waals surface area contributed by atoms with E-state index >= 15 is 0 Å². The van der Waals surface area contributed by atoms with Gasteiger partial charge in [0.1, 0.15) is 12.2 Å². The molecule has 0 bridgehead atoms. The van der Waals surface area contributed by atoms with Gasteiger partial charge in [0.25, 0.3) is 4.59 Å². The minimum absolute atomic E-state index is 0.367. The monoisotopic (exact) mass is 216 g/mol. The second-order valence-corrected chi connectivity index (χ2v) is 3.55. The lowest BCUT2D eigenvalue weighted by molar-refractivity contribution is -0.146. The van der Waals surface area contributed by atoms with Crippen molar-refractivity contribution in [1.82, 2.24) is 0 Å². The van der Waals surface area contributed by atoms with E-state index in [-0.39, 0.29) is 5.78 Å². The van der Waals surface area contributed by atoms with Gasteiger partial charge in [-0.05, 0) is 6.92 Å². The van der Waals surface area contributed by atoms with E-state index in [1.54, 1.807) is 0 Å². The highest BCUT2D eigenvalue weighted by Gasteiger charge is 2.24. The SMILES string of the molecule is CC(=O)CC(=O)OCC(F)(Cl)Cl. The Morgan fingerprint density at radius 3 is 2.33 bits per heavy atom. The maximum Gasteiger partial charge on any atom is 0.313 e. The summed E-state index contributed by atoms with van der Waals surface area (Å²) in [6.45, 7) is 0.438. The molecule has 0 aliphatic heterocycles. The van der Waals surface area contributed by atoms with Gasteiger partial charge in [0, 0.05) is 0 Å². The molecule has 70 valence electrons. The molecular formula is C6H7Cl2FO3. The summed E-state index contributed by atoms with van der Waals surface area (Å²) in [7, 11) is 0. The smallest absolute Gasteiger partial charge is 0.313 e. The molecular weight excluding hydrogens is 210 g/mol. The Morgan fingerprint density at radius 1 is 1.50 bits per heavy atom. The Morgan fingerprint density at radius 2 is 2.00 bits per heavy atom. The average Bonchev–Trinajstić information content (AvgIpc) is 1.80. The van der Waals surface area contributed by atoms with Crippen molar-refractivity contribution >= 4 is 35.0 Å². The fourth-order valence-electron chi connectivity index (χ4n) is 0.417. The zero-order chi connectivity index (χ0) is 9.78. The van der Waals surface area contributed by atoms with Crippen molar-refractivity contribution in [1.29, 1.82) is 0 Å². The van der Waals surface area contributed by atoms with Gasteiger partial charge < -0.3 is 4.74 Å². The van der Waals surface area contributed by atoms with E-state index in [4.69, 9.17) is 23.2 Å². The predicted molar refractivity (Wildman–Crippen MR) is 41.8 cm³/mol. The molecule has 6 heteroatoms. The van der Waals surface area contributed by atoms with E-state index in [9.17, 15) is 14.0 Å². The first kappa shape index (κ1) is 11.6. The van der Waals surface area contributed by atoms with E-state index in [1.165, 1.54) is 6.92 Å². The number of hydrogen-bond acceptors (Lipinski definition) is 3. The van der Waals surface area contributed by atoms with Gasteiger partial charge in [0.05, 0.1) is 0 Å². The third-order valence-corrected chi connectivity index (χ3v) is 1.01. The molecule has 0 spiro atoms. The van der Waals surface area contributed by atoms with Crippen LogP contribution in [0.25, 0.3) is 0 Å². The number of carbonyl (C=O) groups is 2. The summed E-state index contributed by atoms with van der Waals surface area (Å²) >= 11 is 9.70. The number of carbonyl (C=O) groups excluding carboxylic acids is 2. The van der Waals surface area contributed by atoms with Crippen molar-refractivity contribution in [3.8, 4) is 0 Å². The van der Waals surface area contributed by atoms with E-state index in [1.807, 2.05) is 0 Å². The Bertz CT molecular complexity index is 188. The van der Waals surface area contributed by atoms with Gasteiger partial charge in [-0.25, -0.2) is 4.39 Å². The first-order valence-electron chi connectivity index (χ1n) is 3.03. The van der Waals surface area contributed by atoms with Crippen molar-refractivity contribution in [3.63, 3.8) is 0 Å². The number of Topliss-reactive ketones (excluding diaryl/α,β-unsaturated/α-hetero) is 1. The molecule has 0 saturated carbocycles. The Labute approximate surface area is 78.8 Å². The predicted octanol–water partition coefficient (Wildman–Crippen LogP) is 1.61. The molecule has 0 aromatic rings. The van der Waals surface area contributed by atoms with Crippen LogP contribution in [-0.2, 0) is 14.3 Å². The average molecular weight is 217 g/mol. The van der Waals surface area contributed by atoms with Gasteiger partial charge in [0.15, 0.2) is 6.61 Å². The van der Waals surface area contributed by atoms with Gasteiger partial charge in [-0.15, -0.1) is 0 Å². The summed E-state index contributed by atoms with van der Waals surface area (Å²) in [6.07, 6.45) is -0.399. The molecule has 0 aromatic heterocycles. The van der Waals surface area contributed by atoms with Crippen molar-refractivity contribution in [2.24, 2.45) is 0 Å². The summed E-state index contributed by atoms with van der Waals surface area (Å²) in [5, 5.41) is 0. The highest BCUT2D eigenvalue weighted by atomic mass is 35.5. The summed E-state index contributed by atoms with van der Waals surface area (Å²) in [4.78, 5) is 20.9. The molecule has 0 rings (SSSR count). The molecule has 0 unspecified atom stereocenters. The molecule has 0 aromatic carbocycles. The molecule has 0 aliphatic carbocycles. The summed E-state index contributed by atoms with van der Waals surface area (Å²) < 4.78 is 13.9. The van der Waals surface area contributed by atoms with Gasteiger partial charge in [0.2, 0.25) is 0 Å². The summed E-state index contributed by atoms with van der Waals surface area (Å²) in [5.41, 5.74) is 0. The van der Waals surface area contributed by atoms with Crippen LogP contribution in [0.3, 0.4) is 0 Å². The molecule has 0 heterocycles. The number of ether oxygens (including phenoxy) is 1. The standard InChI is InChI=1S/C6H7Cl2FO3/c1-4(10)2-5(11)12-3-6(7,8)9/h2-3H2,1H3. The van der Waals surface area contributed by atoms with E-state index < -0.39 is 23.6 Å². The van der Waals surface area contributed by atoms with E-state index in [0.717, 1.165) is 0 Å². The fraction of sp³-hybridized carbons (Fsp3) is 0.667. The molecule has 0 radical (unpaired) electrons. The Kier molecular flexibility index (Phi) is 4.49. The third kappa shape index (κ3) is 7.75. The summed E-state index contributed by atoms with van der Waals surface area (Å²) in [5.74, 6) is -1.21. The molecule has 0 N–H and O–H groups in total. The number of esters is 1. The van der Waals surface area contributed by atoms with Crippen molar-refractivity contribution < 1.29 is 18.7 Å². The highest BCUT2D eigenvalue weighted by molar-refractivity contribution is 6.47. The van der Waals surface area contributed by atoms with E-state index in [2.05, 4.69) is 4.74 Å². The number of rotatable bonds is 4. The second-order valence-electron chi connectivity index (χ2n) is 2.15. The third-order valence-electron chi connectivity index (χ3n) is 0.790. The number of hydrogen-bond donors (Lipinski definition) is 0. The lowest BCUT2D eigenvalue weighted by Crippen LogP contribution is -2.19. The molecule has 0 aliphatic rings. The molecule has 0 atom stereocenters. The van der Waals surface area contributed by atoms with Crippen LogP contribution in [0.15, 0.2) is 0 Å². The minimum atomic E-state index is -2.59. The highest BCUT2D eigenvalue weighted by Crippen LogP contribution is 2.22. The fourth-order valence-corrected chi connectivity index (χ4v) is 0.526. The van der Waals surface area contributed by atoms with E-state index in [0.29, 0.717) is 0 Å². The number of halogens is 3. The molecule has 0 fully saturated rings. The van der Waals surface area contributed by atoms with Crippen molar-refractivity contribution in [3.05, 3.63) is 0 Å². The minimum Gasteiger partial charge on any atom is -0.459 e. The van der Waals surface area contributed by atoms with Crippen molar-refractivity contribution in [2.75, 3.05) is 6.61 Å². The van der Waals surface area contributed by atoms with Crippen LogP contribution < -0.4 is 0 Å². The molecule has 12 heavy (non-hydrogen) atoms. The second kappa shape index (κ2) is 4.62. The Hall–Kier alpha value is -0.350. The molecule has 0 saturated heterocycles. The zero-order valence-corrected chi connectivity index (χ0v) is 7.78. The largest absolute Gasteiger partial charge is 0.459 e. The van der Waals surface area contributed by atoms with Gasteiger partial charge in [-0.2, -0.15) is 0 Å². The summed E-state index contributed by atoms with van der Waals surface area (Å²) in [6, 6.07) is 0. The first-order valence-corrected chi connectivity index (χ1v) is 3.78.